The topological polar surface area (TPSA) is 96.0 Å². The number of sulfonamides is 1. The van der Waals surface area contributed by atoms with Gasteiger partial charge >= 0.3 is 0 Å². The molecule has 0 aliphatic heterocycles. The average molecular weight is 661 g/mol. The number of rotatable bonds is 12. The van der Waals surface area contributed by atoms with Crippen LogP contribution in [0.3, 0.4) is 0 Å². The second-order valence-electron chi connectivity index (χ2n) is 11.0. The van der Waals surface area contributed by atoms with Crippen molar-refractivity contribution in [3.05, 3.63) is 87.9 Å². The maximum atomic E-state index is 14.4. The first-order chi connectivity index (χ1) is 21.0. The zero-order valence-corrected chi connectivity index (χ0v) is 27.6. The first-order valence-corrected chi connectivity index (χ1v) is 17.0. The van der Waals surface area contributed by atoms with Gasteiger partial charge in [0.25, 0.3) is 10.0 Å². The van der Waals surface area contributed by atoms with E-state index in [0.29, 0.717) is 22.0 Å². The Balaban J connectivity index is 1.74. The fraction of sp³-hybridized carbons (Fsp3) is 0.394. The number of ether oxygens (including phenoxy) is 1. The van der Waals surface area contributed by atoms with Gasteiger partial charge in [-0.1, -0.05) is 85.3 Å². The lowest BCUT2D eigenvalue weighted by atomic mass is 9.95. The van der Waals surface area contributed by atoms with Crippen LogP contribution >= 0.6 is 23.2 Å². The van der Waals surface area contributed by atoms with E-state index in [2.05, 4.69) is 5.32 Å². The Bertz CT molecular complexity index is 1560. The zero-order valence-electron chi connectivity index (χ0n) is 25.3. The number of carbonyl (C=O) groups is 2. The molecule has 0 bridgehead atoms. The number of hydrogen-bond acceptors (Lipinski definition) is 5. The Morgan fingerprint density at radius 3 is 2.30 bits per heavy atom. The van der Waals surface area contributed by atoms with Crippen LogP contribution in [0.1, 0.15) is 56.6 Å². The fourth-order valence-corrected chi connectivity index (χ4v) is 7.23. The van der Waals surface area contributed by atoms with Gasteiger partial charge in [-0.25, -0.2) is 8.42 Å². The minimum absolute atomic E-state index is 0.0245. The normalized spacial score (nSPS) is 14.5. The highest BCUT2D eigenvalue weighted by Crippen LogP contribution is 2.33. The highest BCUT2D eigenvalue weighted by Gasteiger charge is 2.35. The van der Waals surface area contributed by atoms with Crippen molar-refractivity contribution in [1.82, 2.24) is 10.2 Å². The second kappa shape index (κ2) is 15.1. The van der Waals surface area contributed by atoms with Crippen molar-refractivity contribution < 1.29 is 22.7 Å². The van der Waals surface area contributed by atoms with Crippen LogP contribution in [0.5, 0.6) is 5.75 Å². The summed E-state index contributed by atoms with van der Waals surface area (Å²) >= 11 is 12.5. The van der Waals surface area contributed by atoms with Crippen molar-refractivity contribution in [2.45, 2.75) is 75.9 Å². The van der Waals surface area contributed by atoms with Gasteiger partial charge in [0.15, 0.2) is 0 Å². The van der Waals surface area contributed by atoms with E-state index in [1.165, 1.54) is 24.1 Å². The number of amides is 2. The van der Waals surface area contributed by atoms with E-state index in [-0.39, 0.29) is 34.8 Å². The van der Waals surface area contributed by atoms with Crippen LogP contribution in [-0.4, -0.2) is 50.9 Å². The van der Waals surface area contributed by atoms with Gasteiger partial charge in [-0.3, -0.25) is 13.9 Å². The van der Waals surface area contributed by atoms with Crippen molar-refractivity contribution in [3.8, 4) is 5.75 Å². The molecule has 11 heteroatoms. The quantitative estimate of drug-likeness (QED) is 0.232. The van der Waals surface area contributed by atoms with Crippen molar-refractivity contribution in [1.29, 1.82) is 0 Å². The van der Waals surface area contributed by atoms with Crippen molar-refractivity contribution >= 4 is 50.7 Å². The minimum Gasteiger partial charge on any atom is -0.495 e. The molecule has 0 heterocycles. The molecule has 1 aliphatic carbocycles. The number of halogens is 2. The standard InChI is InChI=1S/C33H39Cl2N3O5S/c1-4-29(33(40)36-25-10-6-5-7-11-25)37(21-24-16-19-27(34)28(35)20-24)32(39)22-38(30-12-8-9-13-31(30)43-3)44(41,42)26-17-14-23(2)15-18-26/h8-9,12-20,25,29H,4-7,10-11,21-22H2,1-3H3,(H,36,40)/t29-/m1/s1. The summed E-state index contributed by atoms with van der Waals surface area (Å²) in [5, 5.41) is 3.82. The average Bonchev–Trinajstić information content (AvgIpc) is 3.02. The Morgan fingerprint density at radius 1 is 0.977 bits per heavy atom. The van der Waals surface area contributed by atoms with Gasteiger partial charge in [-0.15, -0.1) is 0 Å². The third-order valence-electron chi connectivity index (χ3n) is 7.92. The molecule has 1 saturated carbocycles. The molecule has 3 aromatic carbocycles. The molecule has 1 atom stereocenters. The van der Waals surface area contributed by atoms with Gasteiger partial charge in [0.1, 0.15) is 18.3 Å². The lowest BCUT2D eigenvalue weighted by Crippen LogP contribution is -2.54. The number of nitrogens with one attached hydrogen (secondary N) is 1. The van der Waals surface area contributed by atoms with Gasteiger partial charge in [0.05, 0.1) is 27.7 Å². The Morgan fingerprint density at radius 2 is 1.66 bits per heavy atom. The number of nitrogens with zero attached hydrogens (tertiary/aromatic N) is 2. The van der Waals surface area contributed by atoms with E-state index < -0.39 is 28.5 Å². The number of methoxy groups -OCH3 is 1. The number of hydrogen-bond donors (Lipinski definition) is 1. The summed E-state index contributed by atoms with van der Waals surface area (Å²) in [5.41, 5.74) is 1.76. The summed E-state index contributed by atoms with van der Waals surface area (Å²) < 4.78 is 34.8. The molecule has 4 rings (SSSR count). The van der Waals surface area contributed by atoms with E-state index in [1.54, 1.807) is 54.6 Å². The van der Waals surface area contributed by atoms with Crippen LogP contribution in [0.2, 0.25) is 10.0 Å². The smallest absolute Gasteiger partial charge is 0.264 e. The molecule has 1 aliphatic rings. The molecule has 3 aromatic rings. The minimum atomic E-state index is -4.23. The third kappa shape index (κ3) is 8.06. The molecular weight excluding hydrogens is 621 g/mol. The van der Waals surface area contributed by atoms with Gasteiger partial charge in [-0.2, -0.15) is 0 Å². The largest absolute Gasteiger partial charge is 0.495 e. The Labute approximate surface area is 270 Å². The van der Waals surface area contributed by atoms with Crippen LogP contribution in [0.15, 0.2) is 71.6 Å². The third-order valence-corrected chi connectivity index (χ3v) is 10.4. The van der Waals surface area contributed by atoms with Gasteiger partial charge in [0.2, 0.25) is 11.8 Å². The molecule has 8 nitrogen and oxygen atoms in total. The molecule has 1 N–H and O–H groups in total. The Hall–Kier alpha value is -3.27. The summed E-state index contributed by atoms with van der Waals surface area (Å²) in [7, 11) is -2.78. The molecule has 0 aromatic heterocycles. The monoisotopic (exact) mass is 659 g/mol. The van der Waals surface area contributed by atoms with E-state index in [9.17, 15) is 18.0 Å². The Kier molecular flexibility index (Phi) is 11.6. The zero-order chi connectivity index (χ0) is 31.9. The van der Waals surface area contributed by atoms with Crippen molar-refractivity contribution in [2.75, 3.05) is 18.0 Å². The van der Waals surface area contributed by atoms with E-state index in [4.69, 9.17) is 27.9 Å². The number of benzene rings is 3. The summed E-state index contributed by atoms with van der Waals surface area (Å²) in [4.78, 5) is 29.5. The summed E-state index contributed by atoms with van der Waals surface area (Å²) in [5.74, 6) is -0.532. The maximum absolute atomic E-state index is 14.4. The number of aryl methyl sites for hydroxylation is 1. The van der Waals surface area contributed by atoms with Crippen LogP contribution in [0, 0.1) is 6.92 Å². The van der Waals surface area contributed by atoms with Crippen LogP contribution < -0.4 is 14.4 Å². The van der Waals surface area contributed by atoms with E-state index in [0.717, 1.165) is 42.0 Å². The predicted molar refractivity (Wildman–Crippen MR) is 175 cm³/mol. The molecule has 236 valence electrons. The lowest BCUT2D eigenvalue weighted by Gasteiger charge is -2.34. The molecule has 44 heavy (non-hydrogen) atoms. The van der Waals surface area contributed by atoms with Crippen molar-refractivity contribution in [2.24, 2.45) is 0 Å². The molecule has 0 radical (unpaired) electrons. The second-order valence-corrected chi connectivity index (χ2v) is 13.7. The summed E-state index contributed by atoms with van der Waals surface area (Å²) in [6.45, 7) is 3.16. The highest BCUT2D eigenvalue weighted by atomic mass is 35.5. The van der Waals surface area contributed by atoms with Gasteiger partial charge in [-0.05, 0) is 68.1 Å². The van der Waals surface area contributed by atoms with E-state index in [1.807, 2.05) is 13.8 Å². The number of para-hydroxylation sites is 2. The highest BCUT2D eigenvalue weighted by molar-refractivity contribution is 7.92. The van der Waals surface area contributed by atoms with E-state index >= 15 is 0 Å². The number of carbonyl (C=O) groups excluding carboxylic acids is 2. The maximum Gasteiger partial charge on any atom is 0.264 e. The predicted octanol–water partition coefficient (Wildman–Crippen LogP) is 6.76. The molecule has 0 unspecified atom stereocenters. The first kappa shape index (κ1) is 33.6. The summed E-state index contributed by atoms with van der Waals surface area (Å²) in [6, 6.07) is 17.3. The summed E-state index contributed by atoms with van der Waals surface area (Å²) in [6.07, 6.45) is 5.32. The molecule has 2 amide bonds. The van der Waals surface area contributed by atoms with Gasteiger partial charge in [0, 0.05) is 12.6 Å². The molecular formula is C33H39Cl2N3O5S. The number of anilines is 1. The lowest BCUT2D eigenvalue weighted by molar-refractivity contribution is -0.140. The molecule has 0 saturated heterocycles. The van der Waals surface area contributed by atoms with Gasteiger partial charge < -0.3 is 15.0 Å². The molecule has 0 spiro atoms. The SMILES string of the molecule is CC[C@H](C(=O)NC1CCCCC1)N(Cc1ccc(Cl)c(Cl)c1)C(=O)CN(c1ccccc1OC)S(=O)(=O)c1ccc(C)cc1. The molecule has 1 fully saturated rings. The first-order valence-electron chi connectivity index (χ1n) is 14.8. The van der Waals surface area contributed by atoms with Crippen molar-refractivity contribution in [3.63, 3.8) is 0 Å². The van der Waals surface area contributed by atoms with Crippen LogP contribution in [0.25, 0.3) is 0 Å². The van der Waals surface area contributed by atoms with Crippen LogP contribution in [-0.2, 0) is 26.2 Å². The van der Waals surface area contributed by atoms with Crippen LogP contribution in [0.4, 0.5) is 5.69 Å². The fourth-order valence-electron chi connectivity index (χ4n) is 5.49.